The van der Waals surface area contributed by atoms with E-state index in [0.717, 1.165) is 37.5 Å². The minimum Gasteiger partial charge on any atom is -0.465 e. The first kappa shape index (κ1) is 17.1. The van der Waals surface area contributed by atoms with Crippen molar-refractivity contribution < 1.29 is 9.90 Å². The third kappa shape index (κ3) is 4.54. The van der Waals surface area contributed by atoms with Crippen LogP contribution >= 0.6 is 24.0 Å². The van der Waals surface area contributed by atoms with Gasteiger partial charge in [-0.2, -0.15) is 0 Å². The molecule has 0 bridgehead atoms. The van der Waals surface area contributed by atoms with Crippen molar-refractivity contribution in [3.63, 3.8) is 0 Å². The molecule has 4 nitrogen and oxygen atoms in total. The van der Waals surface area contributed by atoms with E-state index in [0.29, 0.717) is 0 Å². The molecule has 2 rings (SSSR count). The molecule has 1 heterocycles. The predicted octanol–water partition coefficient (Wildman–Crippen LogP) is 3.34. The fourth-order valence-electron chi connectivity index (χ4n) is 2.47. The summed E-state index contributed by atoms with van der Waals surface area (Å²) in [5.74, 6) is 0. The fourth-order valence-corrected chi connectivity index (χ4v) is 2.59. The first-order valence-electron chi connectivity index (χ1n) is 6.49. The highest BCUT2D eigenvalue weighted by atomic mass is 35.5. The summed E-state index contributed by atoms with van der Waals surface area (Å²) in [5.41, 5.74) is 1.24. The minimum absolute atomic E-state index is 0. The third-order valence-electron chi connectivity index (χ3n) is 3.73. The number of hydrogen-bond donors (Lipinski definition) is 1. The summed E-state index contributed by atoms with van der Waals surface area (Å²) in [5, 5.41) is 9.72. The van der Waals surface area contributed by atoms with Crippen LogP contribution in [-0.4, -0.2) is 47.2 Å². The van der Waals surface area contributed by atoms with Gasteiger partial charge >= 0.3 is 6.09 Å². The molecule has 0 saturated carbocycles. The molecule has 20 heavy (non-hydrogen) atoms. The summed E-state index contributed by atoms with van der Waals surface area (Å²) >= 11 is 5.86. The van der Waals surface area contributed by atoms with Gasteiger partial charge in [0.2, 0.25) is 0 Å². The largest absolute Gasteiger partial charge is 0.465 e. The van der Waals surface area contributed by atoms with E-state index in [1.165, 1.54) is 10.5 Å². The molecular formula is C14H20Cl2N2O2. The van der Waals surface area contributed by atoms with Crippen molar-refractivity contribution in [1.82, 2.24) is 9.80 Å². The Bertz CT molecular complexity index is 431. The number of carboxylic acid groups (broad SMARTS) is 1. The third-order valence-corrected chi connectivity index (χ3v) is 3.98. The molecule has 1 aromatic carbocycles. The number of rotatable bonds is 3. The molecule has 1 saturated heterocycles. The number of likely N-dealkylation sites (tertiary alicyclic amines) is 1. The second kappa shape index (κ2) is 7.72. The van der Waals surface area contributed by atoms with E-state index in [2.05, 4.69) is 4.90 Å². The summed E-state index contributed by atoms with van der Waals surface area (Å²) in [4.78, 5) is 14.7. The average molecular weight is 319 g/mol. The minimum atomic E-state index is -0.837. The topological polar surface area (TPSA) is 43.8 Å². The summed E-state index contributed by atoms with van der Waals surface area (Å²) in [7, 11) is 1.65. The molecule has 0 aromatic heterocycles. The van der Waals surface area contributed by atoms with Crippen molar-refractivity contribution in [1.29, 1.82) is 0 Å². The zero-order valence-corrected chi connectivity index (χ0v) is 13.0. The molecule has 0 atom stereocenters. The van der Waals surface area contributed by atoms with E-state index in [1.54, 1.807) is 7.05 Å². The van der Waals surface area contributed by atoms with Gasteiger partial charge in [0.05, 0.1) is 0 Å². The van der Waals surface area contributed by atoms with E-state index < -0.39 is 6.09 Å². The van der Waals surface area contributed by atoms with Crippen molar-refractivity contribution >= 4 is 30.1 Å². The molecule has 0 aliphatic carbocycles. The zero-order valence-electron chi connectivity index (χ0n) is 11.5. The van der Waals surface area contributed by atoms with Crippen LogP contribution in [0.15, 0.2) is 24.3 Å². The highest BCUT2D eigenvalue weighted by Crippen LogP contribution is 2.18. The number of benzene rings is 1. The van der Waals surface area contributed by atoms with E-state index in [4.69, 9.17) is 16.7 Å². The Balaban J connectivity index is 0.00000200. The quantitative estimate of drug-likeness (QED) is 0.929. The van der Waals surface area contributed by atoms with Crippen molar-refractivity contribution in [2.24, 2.45) is 0 Å². The lowest BCUT2D eigenvalue weighted by Crippen LogP contribution is -2.44. The van der Waals surface area contributed by atoms with Crippen molar-refractivity contribution in [3.8, 4) is 0 Å². The Morgan fingerprint density at radius 3 is 2.40 bits per heavy atom. The number of hydrogen-bond acceptors (Lipinski definition) is 2. The lowest BCUT2D eigenvalue weighted by atomic mass is 10.0. The summed E-state index contributed by atoms with van der Waals surface area (Å²) in [6.45, 7) is 2.77. The van der Waals surface area contributed by atoms with Gasteiger partial charge in [0.1, 0.15) is 0 Å². The Hall–Kier alpha value is -0.970. The van der Waals surface area contributed by atoms with E-state index in [9.17, 15) is 4.79 Å². The average Bonchev–Trinajstić information content (AvgIpc) is 2.41. The van der Waals surface area contributed by atoms with Crippen LogP contribution in [0.3, 0.4) is 0 Å². The molecule has 6 heteroatoms. The lowest BCUT2D eigenvalue weighted by molar-refractivity contribution is 0.103. The van der Waals surface area contributed by atoms with Crippen LogP contribution in [0, 0.1) is 0 Å². The maximum Gasteiger partial charge on any atom is 0.407 e. The van der Waals surface area contributed by atoms with Gasteiger partial charge in [-0.3, -0.25) is 4.90 Å². The number of halogens is 2. The van der Waals surface area contributed by atoms with Crippen molar-refractivity contribution in [2.45, 2.75) is 25.4 Å². The highest BCUT2D eigenvalue weighted by molar-refractivity contribution is 6.30. The molecular weight excluding hydrogens is 299 g/mol. The number of carbonyl (C=O) groups is 1. The maximum atomic E-state index is 10.9. The molecule has 1 aliphatic heterocycles. The van der Waals surface area contributed by atoms with Gasteiger partial charge in [-0.1, -0.05) is 23.7 Å². The summed E-state index contributed by atoms with van der Waals surface area (Å²) in [6.07, 6.45) is 0.961. The van der Waals surface area contributed by atoms with Crippen LogP contribution in [0.4, 0.5) is 4.79 Å². The van der Waals surface area contributed by atoms with Crippen LogP contribution in [0.5, 0.6) is 0 Å². The molecule has 0 radical (unpaired) electrons. The van der Waals surface area contributed by atoms with Gasteiger partial charge < -0.3 is 10.0 Å². The van der Waals surface area contributed by atoms with Gasteiger partial charge in [0.25, 0.3) is 0 Å². The number of amides is 1. The van der Waals surface area contributed by atoms with Crippen LogP contribution in [0.1, 0.15) is 18.4 Å². The molecule has 0 spiro atoms. The first-order chi connectivity index (χ1) is 9.06. The van der Waals surface area contributed by atoms with E-state index in [1.807, 2.05) is 24.3 Å². The smallest absolute Gasteiger partial charge is 0.407 e. The normalized spacial score (nSPS) is 16.5. The monoisotopic (exact) mass is 318 g/mol. The maximum absolute atomic E-state index is 10.9. The van der Waals surface area contributed by atoms with Crippen LogP contribution < -0.4 is 0 Å². The number of piperidine rings is 1. The summed E-state index contributed by atoms with van der Waals surface area (Å²) < 4.78 is 0. The molecule has 1 aliphatic rings. The van der Waals surface area contributed by atoms with E-state index in [-0.39, 0.29) is 18.4 Å². The van der Waals surface area contributed by atoms with Crippen LogP contribution in [0.2, 0.25) is 5.02 Å². The Morgan fingerprint density at radius 2 is 1.90 bits per heavy atom. The highest BCUT2D eigenvalue weighted by Gasteiger charge is 2.24. The Labute approximate surface area is 130 Å². The second-order valence-electron chi connectivity index (χ2n) is 5.03. The Morgan fingerprint density at radius 1 is 1.35 bits per heavy atom. The van der Waals surface area contributed by atoms with Gasteiger partial charge in [-0.05, 0) is 30.5 Å². The molecule has 1 amide bonds. The van der Waals surface area contributed by atoms with Gasteiger partial charge in [0, 0.05) is 37.7 Å². The van der Waals surface area contributed by atoms with Crippen LogP contribution in [0.25, 0.3) is 0 Å². The zero-order chi connectivity index (χ0) is 13.8. The molecule has 1 fully saturated rings. The predicted molar refractivity (Wildman–Crippen MR) is 82.8 cm³/mol. The van der Waals surface area contributed by atoms with E-state index >= 15 is 0 Å². The number of nitrogens with zero attached hydrogens (tertiary/aromatic N) is 2. The fraction of sp³-hybridized carbons (Fsp3) is 0.500. The first-order valence-corrected chi connectivity index (χ1v) is 6.86. The van der Waals surface area contributed by atoms with Gasteiger partial charge in [-0.15, -0.1) is 12.4 Å². The Kier molecular flexibility index (Phi) is 6.59. The SMILES string of the molecule is CN(C(=O)O)C1CCN(Cc2ccc(Cl)cc2)CC1.Cl. The van der Waals surface area contributed by atoms with Gasteiger partial charge in [0.15, 0.2) is 0 Å². The van der Waals surface area contributed by atoms with Crippen molar-refractivity contribution in [3.05, 3.63) is 34.9 Å². The van der Waals surface area contributed by atoms with Gasteiger partial charge in [-0.25, -0.2) is 4.79 Å². The second-order valence-corrected chi connectivity index (χ2v) is 5.46. The van der Waals surface area contributed by atoms with Crippen molar-refractivity contribution in [2.75, 3.05) is 20.1 Å². The van der Waals surface area contributed by atoms with Crippen LogP contribution in [-0.2, 0) is 6.54 Å². The molecule has 112 valence electrons. The lowest BCUT2D eigenvalue weighted by Gasteiger charge is -2.35. The molecule has 1 aromatic rings. The molecule has 0 unspecified atom stereocenters. The molecule has 1 N–H and O–H groups in total. The standard InChI is InChI=1S/C14H19ClN2O2.ClH/c1-16(14(18)19)13-6-8-17(9-7-13)10-11-2-4-12(15)5-3-11;/h2-5,13H,6-10H2,1H3,(H,18,19);1H. The summed E-state index contributed by atoms with van der Waals surface area (Å²) in [6, 6.07) is 8.04.